The summed E-state index contributed by atoms with van der Waals surface area (Å²) < 4.78 is 0. The van der Waals surface area contributed by atoms with Crippen LogP contribution in [0.15, 0.2) is 55.0 Å². The average molecular weight is 471 g/mol. The standard InChI is InChI=1S/C27H30N6O2/c1-27(2)9-11-32(12-10-27)16-18-5-3-4-6-24(18)33(26(28)35)20-7-8-21-22(13-19-15-29-17-30-19)25(34)31-23(21)14-20/h3-8,13-15,17H,9-12,16H2,1-2H3,(H2,28,35)(H,29,30)(H,31,34)/b22-13-. The Kier molecular flexibility index (Phi) is 5.90. The molecule has 3 amide bonds. The van der Waals surface area contributed by atoms with Crippen molar-refractivity contribution in [2.45, 2.75) is 33.2 Å². The summed E-state index contributed by atoms with van der Waals surface area (Å²) in [6.45, 7) is 7.42. The summed E-state index contributed by atoms with van der Waals surface area (Å²) in [7, 11) is 0. The number of amides is 3. The molecule has 180 valence electrons. The Balaban J connectivity index is 1.46. The van der Waals surface area contributed by atoms with Crippen molar-refractivity contribution in [2.24, 2.45) is 11.1 Å². The molecule has 2 aliphatic heterocycles. The van der Waals surface area contributed by atoms with Gasteiger partial charge >= 0.3 is 6.03 Å². The SMILES string of the molecule is CC1(C)CCN(Cc2ccccc2N(C(N)=O)c2ccc3c(c2)NC(=O)/C3=C\c2cnc[nH]2)CC1. The van der Waals surface area contributed by atoms with Crippen molar-refractivity contribution in [3.05, 3.63) is 71.8 Å². The van der Waals surface area contributed by atoms with Crippen LogP contribution in [-0.4, -0.2) is 39.9 Å². The Hall–Kier alpha value is -3.91. The lowest BCUT2D eigenvalue weighted by molar-refractivity contribution is -0.110. The predicted octanol–water partition coefficient (Wildman–Crippen LogP) is 4.74. The van der Waals surface area contributed by atoms with Gasteiger partial charge in [0.05, 0.1) is 40.9 Å². The molecule has 2 aromatic carbocycles. The van der Waals surface area contributed by atoms with Crippen LogP contribution in [-0.2, 0) is 11.3 Å². The number of hydrogen-bond donors (Lipinski definition) is 3. The van der Waals surface area contributed by atoms with Gasteiger partial charge in [0.15, 0.2) is 0 Å². The number of fused-ring (bicyclic) bond motifs is 1. The van der Waals surface area contributed by atoms with Gasteiger partial charge in [-0.3, -0.25) is 14.6 Å². The number of likely N-dealkylation sites (tertiary alicyclic amines) is 1. The van der Waals surface area contributed by atoms with Crippen LogP contribution in [0.1, 0.15) is 43.5 Å². The lowest BCUT2D eigenvalue weighted by Crippen LogP contribution is -2.37. The van der Waals surface area contributed by atoms with Gasteiger partial charge < -0.3 is 16.0 Å². The number of aromatic amines is 1. The van der Waals surface area contributed by atoms with Crippen molar-refractivity contribution in [3.63, 3.8) is 0 Å². The number of nitrogens with two attached hydrogens (primary N) is 1. The monoisotopic (exact) mass is 470 g/mol. The highest BCUT2D eigenvalue weighted by Crippen LogP contribution is 2.39. The van der Waals surface area contributed by atoms with Gasteiger partial charge in [-0.05, 0) is 67.3 Å². The quantitative estimate of drug-likeness (QED) is 0.468. The van der Waals surface area contributed by atoms with Crippen molar-refractivity contribution < 1.29 is 9.59 Å². The zero-order chi connectivity index (χ0) is 24.6. The topological polar surface area (TPSA) is 107 Å². The van der Waals surface area contributed by atoms with Gasteiger partial charge in [-0.2, -0.15) is 0 Å². The highest BCUT2D eigenvalue weighted by Gasteiger charge is 2.28. The molecular weight excluding hydrogens is 440 g/mol. The second-order valence-electron chi connectivity index (χ2n) is 9.99. The second kappa shape index (κ2) is 9.03. The van der Waals surface area contributed by atoms with Gasteiger partial charge in [0, 0.05) is 12.1 Å². The summed E-state index contributed by atoms with van der Waals surface area (Å²) in [5.74, 6) is -0.203. The van der Waals surface area contributed by atoms with E-state index in [0.29, 0.717) is 22.4 Å². The fourth-order valence-corrected chi connectivity index (χ4v) is 4.77. The van der Waals surface area contributed by atoms with E-state index >= 15 is 0 Å². The number of anilines is 3. The highest BCUT2D eigenvalue weighted by molar-refractivity contribution is 6.35. The first kappa shape index (κ1) is 22.9. The van der Waals surface area contributed by atoms with Crippen LogP contribution in [0.5, 0.6) is 0 Å². The summed E-state index contributed by atoms with van der Waals surface area (Å²) in [5, 5.41) is 2.90. The van der Waals surface area contributed by atoms with E-state index in [1.54, 1.807) is 24.7 Å². The number of H-pyrrole nitrogens is 1. The largest absolute Gasteiger partial charge is 0.351 e. The maximum Gasteiger partial charge on any atom is 0.323 e. The van der Waals surface area contributed by atoms with E-state index in [0.717, 1.165) is 55.0 Å². The number of piperidine rings is 1. The molecule has 0 unspecified atom stereocenters. The summed E-state index contributed by atoms with van der Waals surface area (Å²) >= 11 is 0. The highest BCUT2D eigenvalue weighted by atomic mass is 16.2. The van der Waals surface area contributed by atoms with Gasteiger partial charge in [-0.25, -0.2) is 9.78 Å². The summed E-state index contributed by atoms with van der Waals surface area (Å²) in [5.41, 5.74) is 11.3. The van der Waals surface area contributed by atoms with Gasteiger partial charge in [-0.15, -0.1) is 0 Å². The number of carbonyl (C=O) groups excluding carboxylic acids is 2. The maximum atomic E-state index is 12.7. The summed E-state index contributed by atoms with van der Waals surface area (Å²) in [6.07, 6.45) is 7.27. The van der Waals surface area contributed by atoms with E-state index in [9.17, 15) is 9.59 Å². The molecule has 3 aromatic rings. The number of hydrogen-bond acceptors (Lipinski definition) is 4. The van der Waals surface area contributed by atoms with E-state index in [-0.39, 0.29) is 5.91 Å². The number of benzene rings is 2. The lowest BCUT2D eigenvalue weighted by Gasteiger charge is -2.37. The zero-order valence-electron chi connectivity index (χ0n) is 20.0. The average Bonchev–Trinajstić information content (AvgIpc) is 3.44. The number of urea groups is 1. The lowest BCUT2D eigenvalue weighted by atomic mass is 9.82. The van der Waals surface area contributed by atoms with Crippen LogP contribution in [0.4, 0.5) is 21.9 Å². The molecule has 3 heterocycles. The number of para-hydroxylation sites is 1. The van der Waals surface area contributed by atoms with Gasteiger partial charge in [0.1, 0.15) is 0 Å². The molecule has 1 fully saturated rings. The number of aromatic nitrogens is 2. The van der Waals surface area contributed by atoms with Crippen LogP contribution in [0, 0.1) is 5.41 Å². The predicted molar refractivity (Wildman–Crippen MR) is 138 cm³/mol. The normalized spacial score (nSPS) is 18.3. The van der Waals surface area contributed by atoms with Crippen molar-refractivity contribution in [1.82, 2.24) is 14.9 Å². The summed E-state index contributed by atoms with van der Waals surface area (Å²) in [4.78, 5) is 36.3. The Bertz CT molecular complexity index is 1280. The minimum atomic E-state index is -0.574. The minimum Gasteiger partial charge on any atom is -0.351 e. The van der Waals surface area contributed by atoms with E-state index in [1.165, 1.54) is 4.90 Å². The molecule has 0 spiro atoms. The molecule has 0 bridgehead atoms. The van der Waals surface area contributed by atoms with Gasteiger partial charge in [0.25, 0.3) is 5.91 Å². The Morgan fingerprint density at radius 2 is 1.97 bits per heavy atom. The van der Waals surface area contributed by atoms with Gasteiger partial charge in [-0.1, -0.05) is 32.0 Å². The minimum absolute atomic E-state index is 0.203. The Labute approximate surface area is 204 Å². The molecule has 0 radical (unpaired) electrons. The molecule has 4 N–H and O–H groups in total. The van der Waals surface area contributed by atoms with Crippen molar-refractivity contribution in [3.8, 4) is 0 Å². The number of imidazole rings is 1. The van der Waals surface area contributed by atoms with E-state index in [4.69, 9.17) is 5.73 Å². The summed E-state index contributed by atoms with van der Waals surface area (Å²) in [6, 6.07) is 12.8. The second-order valence-corrected chi connectivity index (χ2v) is 9.99. The number of rotatable bonds is 5. The van der Waals surface area contributed by atoms with Crippen molar-refractivity contribution in [1.29, 1.82) is 0 Å². The molecule has 0 atom stereocenters. The molecule has 1 aromatic heterocycles. The molecule has 1 saturated heterocycles. The molecular formula is C27H30N6O2. The molecule has 0 saturated carbocycles. The third-order valence-electron chi connectivity index (χ3n) is 6.92. The number of carbonyl (C=O) groups is 2. The van der Waals surface area contributed by atoms with Crippen LogP contribution in [0.25, 0.3) is 11.6 Å². The smallest absolute Gasteiger partial charge is 0.323 e. The fraction of sp³-hybridized carbons (Fsp3) is 0.296. The van der Waals surface area contributed by atoms with E-state index in [2.05, 4.69) is 34.0 Å². The van der Waals surface area contributed by atoms with Crippen molar-refractivity contribution in [2.75, 3.05) is 23.3 Å². The van der Waals surface area contributed by atoms with Gasteiger partial charge in [0.2, 0.25) is 0 Å². The van der Waals surface area contributed by atoms with E-state index in [1.807, 2.05) is 36.4 Å². The number of nitrogens with zero attached hydrogens (tertiary/aromatic N) is 3. The third kappa shape index (κ3) is 4.70. The molecule has 2 aliphatic rings. The first-order valence-corrected chi connectivity index (χ1v) is 11.9. The first-order chi connectivity index (χ1) is 16.8. The Morgan fingerprint density at radius 3 is 2.69 bits per heavy atom. The maximum absolute atomic E-state index is 12.7. The molecule has 35 heavy (non-hydrogen) atoms. The number of nitrogens with one attached hydrogen (secondary N) is 2. The fourth-order valence-electron chi connectivity index (χ4n) is 4.77. The number of primary amides is 1. The molecule has 0 aliphatic carbocycles. The first-order valence-electron chi connectivity index (χ1n) is 11.9. The van der Waals surface area contributed by atoms with Crippen LogP contribution in [0.3, 0.4) is 0 Å². The van der Waals surface area contributed by atoms with Crippen LogP contribution in [0.2, 0.25) is 0 Å². The third-order valence-corrected chi connectivity index (χ3v) is 6.92. The molecule has 8 nitrogen and oxygen atoms in total. The molecule has 8 heteroatoms. The van der Waals surface area contributed by atoms with E-state index < -0.39 is 6.03 Å². The van der Waals surface area contributed by atoms with Crippen LogP contribution < -0.4 is 16.0 Å². The van der Waals surface area contributed by atoms with Crippen LogP contribution >= 0.6 is 0 Å². The molecule has 5 rings (SSSR count). The van der Waals surface area contributed by atoms with Crippen molar-refractivity contribution >= 4 is 40.6 Å². The Morgan fingerprint density at radius 1 is 1.20 bits per heavy atom. The zero-order valence-corrected chi connectivity index (χ0v) is 20.0.